The van der Waals surface area contributed by atoms with Gasteiger partial charge in [0.15, 0.2) is 0 Å². The first kappa shape index (κ1) is 14.9. The summed E-state index contributed by atoms with van der Waals surface area (Å²) >= 11 is 0.899. The number of aromatic nitrogens is 1. The lowest BCUT2D eigenvalue weighted by Gasteiger charge is -2.35. The van der Waals surface area contributed by atoms with Gasteiger partial charge in [-0.3, -0.25) is 4.98 Å². The normalized spacial score (nSPS) is 15.9. The molecule has 2 aromatic rings. The molecular formula is C12H8F5NOS. The fraction of sp³-hybridized carbons (Fsp3) is 0.250. The number of pyridine rings is 1. The topological polar surface area (TPSA) is 33.1 Å². The third-order valence-corrected chi connectivity index (χ3v) is 3.47. The summed E-state index contributed by atoms with van der Waals surface area (Å²) in [7, 11) is 0. The number of hydrogen-bond donors (Lipinski definition) is 1. The van der Waals surface area contributed by atoms with Crippen molar-refractivity contribution in [1.82, 2.24) is 4.98 Å². The van der Waals surface area contributed by atoms with Crippen LogP contribution in [0.5, 0.6) is 0 Å². The van der Waals surface area contributed by atoms with Gasteiger partial charge in [0.25, 0.3) is 0 Å². The minimum absolute atomic E-state index is 0.552. The summed E-state index contributed by atoms with van der Waals surface area (Å²) < 4.78 is 65.7. The second-order valence-electron chi connectivity index (χ2n) is 4.01. The fourth-order valence-corrected chi connectivity index (χ4v) is 2.44. The summed E-state index contributed by atoms with van der Waals surface area (Å²) in [5, 5.41) is 12.5. The largest absolute Gasteiger partial charge is 0.457 e. The lowest BCUT2D eigenvalue weighted by Crippen LogP contribution is -2.55. The lowest BCUT2D eigenvalue weighted by atomic mass is 9.85. The van der Waals surface area contributed by atoms with Gasteiger partial charge in [-0.05, 0) is 29.0 Å². The van der Waals surface area contributed by atoms with Gasteiger partial charge in [-0.25, -0.2) is 0 Å². The summed E-state index contributed by atoms with van der Waals surface area (Å²) in [4.78, 5) is 3.46. The monoisotopic (exact) mass is 309 g/mol. The van der Waals surface area contributed by atoms with Crippen molar-refractivity contribution in [2.75, 3.05) is 0 Å². The standard InChI is InChI=1S/C12H8F5NOS/c13-11(14,12(15,16)17)10(19,8-4-6-20-7-8)9-3-1-2-5-18-9/h1-7,19H. The van der Waals surface area contributed by atoms with Crippen molar-refractivity contribution in [2.24, 2.45) is 0 Å². The van der Waals surface area contributed by atoms with Crippen LogP contribution >= 0.6 is 11.3 Å². The van der Waals surface area contributed by atoms with Crippen LogP contribution < -0.4 is 0 Å². The summed E-state index contributed by atoms with van der Waals surface area (Å²) in [6, 6.07) is 4.52. The Morgan fingerprint density at radius 1 is 1.05 bits per heavy atom. The zero-order valence-electron chi connectivity index (χ0n) is 9.73. The molecular weight excluding hydrogens is 301 g/mol. The SMILES string of the molecule is OC(c1ccsc1)(c1ccccn1)C(F)(F)C(F)(F)F. The zero-order valence-corrected chi connectivity index (χ0v) is 10.6. The molecule has 0 aliphatic heterocycles. The van der Waals surface area contributed by atoms with Gasteiger partial charge in [0.1, 0.15) is 0 Å². The molecule has 0 saturated heterocycles. The van der Waals surface area contributed by atoms with Crippen LogP contribution in [0.15, 0.2) is 41.2 Å². The minimum atomic E-state index is -5.92. The highest BCUT2D eigenvalue weighted by atomic mass is 32.1. The quantitative estimate of drug-likeness (QED) is 0.879. The highest BCUT2D eigenvalue weighted by molar-refractivity contribution is 7.08. The van der Waals surface area contributed by atoms with Crippen LogP contribution in [0.3, 0.4) is 0 Å². The average molecular weight is 309 g/mol. The predicted molar refractivity (Wildman–Crippen MR) is 62.6 cm³/mol. The van der Waals surface area contributed by atoms with E-state index in [0.717, 1.165) is 35.0 Å². The Bertz CT molecular complexity index is 569. The Morgan fingerprint density at radius 2 is 1.75 bits per heavy atom. The third kappa shape index (κ3) is 2.08. The number of aliphatic hydroxyl groups is 1. The number of hydrogen-bond acceptors (Lipinski definition) is 3. The fourth-order valence-electron chi connectivity index (χ4n) is 1.74. The molecule has 0 saturated carbocycles. The molecule has 108 valence electrons. The van der Waals surface area contributed by atoms with Gasteiger partial charge < -0.3 is 5.11 Å². The summed E-state index contributed by atoms with van der Waals surface area (Å²) in [5.74, 6) is -5.38. The Morgan fingerprint density at radius 3 is 2.20 bits per heavy atom. The first-order valence-corrected chi connectivity index (χ1v) is 6.26. The summed E-state index contributed by atoms with van der Waals surface area (Å²) in [6.07, 6.45) is -4.87. The van der Waals surface area contributed by atoms with Crippen LogP contribution in [0.4, 0.5) is 22.0 Å². The second kappa shape index (κ2) is 4.78. The highest BCUT2D eigenvalue weighted by Crippen LogP contribution is 2.51. The number of thiophene rings is 1. The molecule has 1 N–H and O–H groups in total. The van der Waals surface area contributed by atoms with E-state index in [-0.39, 0.29) is 0 Å². The molecule has 2 rings (SSSR count). The van der Waals surface area contributed by atoms with E-state index in [2.05, 4.69) is 4.98 Å². The first-order chi connectivity index (χ1) is 9.21. The minimum Gasteiger partial charge on any atom is -0.373 e. The Labute approximate surface area is 114 Å². The van der Waals surface area contributed by atoms with Crippen molar-refractivity contribution in [3.8, 4) is 0 Å². The van der Waals surface area contributed by atoms with Crippen molar-refractivity contribution < 1.29 is 27.1 Å². The summed E-state index contributed by atoms with van der Waals surface area (Å²) in [5.41, 5.74) is -4.88. The van der Waals surface area contributed by atoms with Gasteiger partial charge in [0, 0.05) is 11.8 Å². The van der Waals surface area contributed by atoms with Gasteiger partial charge in [-0.2, -0.15) is 33.3 Å². The molecule has 8 heteroatoms. The maximum atomic E-state index is 13.8. The molecule has 1 atom stereocenters. The Kier molecular flexibility index (Phi) is 3.55. The van der Waals surface area contributed by atoms with Gasteiger partial charge in [-0.1, -0.05) is 6.07 Å². The molecule has 2 nitrogen and oxygen atoms in total. The number of halogens is 5. The molecule has 0 radical (unpaired) electrons. The average Bonchev–Trinajstić information content (AvgIpc) is 2.91. The van der Waals surface area contributed by atoms with Crippen molar-refractivity contribution in [3.05, 3.63) is 52.5 Å². The van der Waals surface area contributed by atoms with Crippen LogP contribution in [0.1, 0.15) is 11.3 Å². The molecule has 20 heavy (non-hydrogen) atoms. The van der Waals surface area contributed by atoms with E-state index in [1.54, 1.807) is 0 Å². The Balaban J connectivity index is 2.69. The maximum absolute atomic E-state index is 13.8. The smallest absolute Gasteiger partial charge is 0.373 e. The van der Waals surface area contributed by atoms with Gasteiger partial charge in [0.05, 0.1) is 5.69 Å². The predicted octanol–water partition coefficient (Wildman–Crippen LogP) is 3.58. The number of rotatable bonds is 3. The van der Waals surface area contributed by atoms with Crippen LogP contribution in [-0.2, 0) is 5.60 Å². The lowest BCUT2D eigenvalue weighted by molar-refractivity contribution is -0.337. The highest BCUT2D eigenvalue weighted by Gasteiger charge is 2.71. The van der Waals surface area contributed by atoms with E-state index >= 15 is 0 Å². The van der Waals surface area contributed by atoms with Crippen molar-refractivity contribution in [2.45, 2.75) is 17.7 Å². The molecule has 2 aromatic heterocycles. The molecule has 0 amide bonds. The van der Waals surface area contributed by atoms with E-state index in [9.17, 15) is 27.1 Å². The number of nitrogens with zero attached hydrogens (tertiary/aromatic N) is 1. The molecule has 0 aromatic carbocycles. The van der Waals surface area contributed by atoms with Crippen molar-refractivity contribution in [1.29, 1.82) is 0 Å². The van der Waals surface area contributed by atoms with Crippen LogP contribution in [-0.4, -0.2) is 22.2 Å². The molecule has 0 bridgehead atoms. The van der Waals surface area contributed by atoms with Crippen molar-refractivity contribution in [3.63, 3.8) is 0 Å². The molecule has 2 heterocycles. The van der Waals surface area contributed by atoms with E-state index in [1.165, 1.54) is 17.5 Å². The van der Waals surface area contributed by atoms with Crippen molar-refractivity contribution >= 4 is 11.3 Å². The molecule has 1 unspecified atom stereocenters. The summed E-state index contributed by atoms with van der Waals surface area (Å²) in [6.45, 7) is 0. The first-order valence-electron chi connectivity index (χ1n) is 5.32. The molecule has 0 fully saturated rings. The second-order valence-corrected chi connectivity index (χ2v) is 4.79. The van der Waals surface area contributed by atoms with E-state index in [0.29, 0.717) is 0 Å². The van der Waals surface area contributed by atoms with Gasteiger partial charge >= 0.3 is 12.1 Å². The van der Waals surface area contributed by atoms with E-state index in [1.807, 2.05) is 0 Å². The van der Waals surface area contributed by atoms with Crippen LogP contribution in [0.2, 0.25) is 0 Å². The molecule has 0 spiro atoms. The maximum Gasteiger partial charge on any atom is 0.457 e. The number of alkyl halides is 5. The van der Waals surface area contributed by atoms with Crippen LogP contribution in [0, 0.1) is 0 Å². The Hall–Kier alpha value is -1.54. The van der Waals surface area contributed by atoms with E-state index in [4.69, 9.17) is 0 Å². The van der Waals surface area contributed by atoms with Crippen LogP contribution in [0.25, 0.3) is 0 Å². The van der Waals surface area contributed by atoms with Gasteiger partial charge in [-0.15, -0.1) is 0 Å². The van der Waals surface area contributed by atoms with E-state index < -0.39 is 29.0 Å². The third-order valence-electron chi connectivity index (χ3n) is 2.78. The zero-order chi connectivity index (χ0) is 15.0. The molecule has 0 aliphatic carbocycles. The molecule has 0 aliphatic rings. The van der Waals surface area contributed by atoms with Gasteiger partial charge in [0.2, 0.25) is 5.60 Å².